The lowest BCUT2D eigenvalue weighted by Gasteiger charge is -2.27. The van der Waals surface area contributed by atoms with Crippen molar-refractivity contribution in [2.24, 2.45) is 5.92 Å². The minimum atomic E-state index is 0.251. The molecule has 0 radical (unpaired) electrons. The monoisotopic (exact) mass is 718 g/mol. The first-order chi connectivity index (χ1) is 27.6. The van der Waals surface area contributed by atoms with Crippen molar-refractivity contribution >= 4 is 56.1 Å². The summed E-state index contributed by atoms with van der Waals surface area (Å²) in [4.78, 5) is 4.76. The van der Waals surface area contributed by atoms with E-state index in [-0.39, 0.29) is 5.92 Å². The van der Waals surface area contributed by atoms with E-state index in [1.54, 1.807) is 0 Å². The fourth-order valence-corrected chi connectivity index (χ4v) is 9.06. The molecular formula is C53H38N2O. The summed E-state index contributed by atoms with van der Waals surface area (Å²) in [6.07, 6.45) is 11.2. The van der Waals surface area contributed by atoms with Crippen LogP contribution >= 0.6 is 0 Å². The van der Waals surface area contributed by atoms with Crippen molar-refractivity contribution in [3.8, 4) is 22.3 Å². The van der Waals surface area contributed by atoms with Crippen molar-refractivity contribution in [1.29, 1.82) is 0 Å². The van der Waals surface area contributed by atoms with E-state index in [4.69, 9.17) is 11.0 Å². The molecule has 0 bridgehead atoms. The third kappa shape index (κ3) is 5.12. The Balaban J connectivity index is 1.05. The number of allylic oxidation sites excluding steroid dienone is 4. The highest BCUT2D eigenvalue weighted by Crippen LogP contribution is 2.54. The van der Waals surface area contributed by atoms with Gasteiger partial charge in [0.2, 0.25) is 0 Å². The van der Waals surface area contributed by atoms with E-state index in [0.29, 0.717) is 5.92 Å². The van der Waals surface area contributed by atoms with E-state index >= 15 is 0 Å². The van der Waals surface area contributed by atoms with Crippen LogP contribution in [0.3, 0.4) is 0 Å². The van der Waals surface area contributed by atoms with E-state index in [1.165, 1.54) is 50.1 Å². The maximum atomic E-state index is 6.57. The lowest BCUT2D eigenvalue weighted by Crippen LogP contribution is -2.18. The molecule has 3 heterocycles. The largest absolute Gasteiger partial charge is 0.455 e. The second-order valence-corrected chi connectivity index (χ2v) is 15.1. The van der Waals surface area contributed by atoms with Gasteiger partial charge in [-0.2, -0.15) is 0 Å². The topological polar surface area (TPSA) is 19.6 Å². The van der Waals surface area contributed by atoms with Crippen LogP contribution in [-0.4, -0.2) is 0 Å². The van der Waals surface area contributed by atoms with Crippen molar-refractivity contribution in [1.82, 2.24) is 0 Å². The molecule has 0 fully saturated rings. The standard InChI is InChI=1S/C53H38N2O/c1-34-12-10-20-50-52(34)47-33-41(24-27-49(47)55(50)43-18-11-17-39(31-43)36-13-4-3-5-14-36)40-23-26-48-46(32-40)35(2)53-45(44-19-8-9-21-51(44)56-53)28-29-54(48)42-25-22-37-15-6-7-16-38(37)30-42/h3-34,52H,2H2,1H3/b29-28-. The van der Waals surface area contributed by atoms with Crippen molar-refractivity contribution in [2.75, 3.05) is 9.80 Å². The fourth-order valence-electron chi connectivity index (χ4n) is 9.06. The van der Waals surface area contributed by atoms with E-state index < -0.39 is 0 Å². The average molecular weight is 719 g/mol. The highest BCUT2D eigenvalue weighted by molar-refractivity contribution is 6.00. The highest BCUT2D eigenvalue weighted by Gasteiger charge is 2.38. The molecule has 3 aliphatic rings. The molecule has 266 valence electrons. The molecule has 0 spiro atoms. The molecular weight excluding hydrogens is 681 g/mol. The Kier molecular flexibility index (Phi) is 7.36. The van der Waals surface area contributed by atoms with E-state index in [2.05, 4.69) is 193 Å². The van der Waals surface area contributed by atoms with Crippen LogP contribution in [0.25, 0.3) is 55.6 Å². The zero-order chi connectivity index (χ0) is 37.3. The number of fused-ring (bicyclic) bond motifs is 8. The zero-order valence-corrected chi connectivity index (χ0v) is 31.1. The minimum Gasteiger partial charge on any atom is -0.455 e. The van der Waals surface area contributed by atoms with Crippen molar-refractivity contribution in [2.45, 2.75) is 12.8 Å². The van der Waals surface area contributed by atoms with E-state index in [9.17, 15) is 0 Å². The molecule has 3 nitrogen and oxygen atoms in total. The molecule has 7 aromatic carbocycles. The van der Waals surface area contributed by atoms with Gasteiger partial charge in [-0.05, 0) is 111 Å². The quantitative estimate of drug-likeness (QED) is 0.181. The third-order valence-corrected chi connectivity index (χ3v) is 11.8. The summed E-state index contributed by atoms with van der Waals surface area (Å²) < 4.78 is 6.57. The van der Waals surface area contributed by atoms with Gasteiger partial charge < -0.3 is 14.2 Å². The molecule has 11 rings (SSSR count). The fraction of sp³-hybridized carbons (Fsp3) is 0.0566. The molecule has 2 aliphatic heterocycles. The summed E-state index contributed by atoms with van der Waals surface area (Å²) in [6, 6.07) is 56.9. The summed E-state index contributed by atoms with van der Waals surface area (Å²) >= 11 is 0. The molecule has 0 saturated heterocycles. The minimum absolute atomic E-state index is 0.251. The molecule has 56 heavy (non-hydrogen) atoms. The van der Waals surface area contributed by atoms with E-state index in [1.807, 2.05) is 12.1 Å². The first-order valence-corrected chi connectivity index (χ1v) is 19.4. The number of anilines is 4. The first-order valence-electron chi connectivity index (χ1n) is 19.4. The second kappa shape index (κ2) is 12.8. The molecule has 0 N–H and O–H groups in total. The van der Waals surface area contributed by atoms with Gasteiger partial charge in [0.05, 0.1) is 5.69 Å². The zero-order valence-electron chi connectivity index (χ0n) is 31.1. The Morgan fingerprint density at radius 2 is 1.36 bits per heavy atom. The van der Waals surface area contributed by atoms with Gasteiger partial charge in [0, 0.05) is 57.0 Å². The van der Waals surface area contributed by atoms with Crippen LogP contribution in [0, 0.1) is 5.92 Å². The van der Waals surface area contributed by atoms with Gasteiger partial charge in [-0.15, -0.1) is 0 Å². The van der Waals surface area contributed by atoms with Gasteiger partial charge in [0.25, 0.3) is 0 Å². The van der Waals surface area contributed by atoms with Gasteiger partial charge in [-0.3, -0.25) is 0 Å². The normalized spacial score (nSPS) is 17.5. The van der Waals surface area contributed by atoms with Gasteiger partial charge in [0.15, 0.2) is 0 Å². The number of hydrogen-bond donors (Lipinski definition) is 0. The van der Waals surface area contributed by atoms with Gasteiger partial charge >= 0.3 is 0 Å². The summed E-state index contributed by atoms with van der Waals surface area (Å²) in [5.74, 6) is 1.41. The predicted octanol–water partition coefficient (Wildman–Crippen LogP) is 14.4. The number of benzene rings is 7. The smallest absolute Gasteiger partial charge is 0.142 e. The van der Waals surface area contributed by atoms with Crippen molar-refractivity contribution in [3.63, 3.8) is 0 Å². The first kappa shape index (κ1) is 32.3. The summed E-state index contributed by atoms with van der Waals surface area (Å²) in [5.41, 5.74) is 15.8. The summed E-state index contributed by atoms with van der Waals surface area (Å²) in [6.45, 7) is 7.06. The van der Waals surface area contributed by atoms with Crippen LogP contribution in [0.15, 0.2) is 199 Å². The molecule has 1 aromatic heterocycles. The SMILES string of the molecule is C=C1c2cc(-c3ccc4c(c3)C3C(=CC=CC3C)N4c3cccc(-c4ccccc4)c3)ccc2N(c2ccc3ccccc3c2)/C=C\c2c1oc1ccccc21. The Hall–Kier alpha value is -7.10. The van der Waals surface area contributed by atoms with Crippen LogP contribution in [0.1, 0.15) is 35.3 Å². The molecule has 2 unspecified atom stereocenters. The Bertz CT molecular complexity index is 2980. The van der Waals surface area contributed by atoms with Crippen LogP contribution in [0.2, 0.25) is 0 Å². The Labute approximate surface area is 327 Å². The van der Waals surface area contributed by atoms with Crippen LogP contribution < -0.4 is 9.80 Å². The maximum absolute atomic E-state index is 6.57. The van der Waals surface area contributed by atoms with Crippen LogP contribution in [0.4, 0.5) is 22.7 Å². The van der Waals surface area contributed by atoms with Crippen molar-refractivity contribution in [3.05, 3.63) is 217 Å². The molecule has 0 amide bonds. The van der Waals surface area contributed by atoms with Crippen LogP contribution in [0.5, 0.6) is 0 Å². The van der Waals surface area contributed by atoms with E-state index in [0.717, 1.165) is 50.4 Å². The van der Waals surface area contributed by atoms with Gasteiger partial charge in [-0.25, -0.2) is 0 Å². The Morgan fingerprint density at radius 1 is 0.607 bits per heavy atom. The Morgan fingerprint density at radius 3 is 2.25 bits per heavy atom. The average Bonchev–Trinajstić information content (AvgIpc) is 3.79. The van der Waals surface area contributed by atoms with Crippen molar-refractivity contribution < 1.29 is 4.42 Å². The number of para-hydroxylation sites is 1. The number of rotatable bonds is 4. The highest BCUT2D eigenvalue weighted by atomic mass is 16.3. The second-order valence-electron chi connectivity index (χ2n) is 15.1. The van der Waals surface area contributed by atoms with Crippen LogP contribution in [-0.2, 0) is 0 Å². The summed E-state index contributed by atoms with van der Waals surface area (Å²) in [7, 11) is 0. The third-order valence-electron chi connectivity index (χ3n) is 11.8. The van der Waals surface area contributed by atoms with Gasteiger partial charge in [0.1, 0.15) is 11.3 Å². The molecule has 1 aliphatic carbocycles. The number of furan rings is 1. The molecule has 0 saturated carbocycles. The maximum Gasteiger partial charge on any atom is 0.142 e. The summed E-state index contributed by atoms with van der Waals surface area (Å²) in [5, 5.41) is 3.50. The lowest BCUT2D eigenvalue weighted by molar-refractivity contribution is 0.599. The lowest BCUT2D eigenvalue weighted by atomic mass is 9.82. The predicted molar refractivity (Wildman–Crippen MR) is 234 cm³/mol. The van der Waals surface area contributed by atoms with Gasteiger partial charge in [-0.1, -0.05) is 129 Å². The molecule has 8 aromatic rings. The number of nitrogens with zero attached hydrogens (tertiary/aromatic N) is 2. The number of hydrogen-bond acceptors (Lipinski definition) is 3. The molecule has 2 atom stereocenters. The molecule has 3 heteroatoms.